The number of halogens is 1. The average molecular weight is 462 g/mol. The predicted octanol–water partition coefficient (Wildman–Crippen LogP) is 2.83. The van der Waals surface area contributed by atoms with Gasteiger partial charge in [-0.15, -0.1) is 0 Å². The maximum Gasteiger partial charge on any atom is 0.253 e. The number of H-pyrrole nitrogens is 1. The van der Waals surface area contributed by atoms with Crippen molar-refractivity contribution in [2.75, 3.05) is 26.2 Å². The number of hydrogen-bond donors (Lipinski definition) is 2. The van der Waals surface area contributed by atoms with E-state index in [4.69, 9.17) is 0 Å². The fraction of sp³-hybridized carbons (Fsp3) is 0.333. The minimum atomic E-state index is -0.772. The highest BCUT2D eigenvalue weighted by Crippen LogP contribution is 2.31. The minimum Gasteiger partial charge on any atom is -0.505 e. The number of carbonyl (C=O) groups is 1. The summed E-state index contributed by atoms with van der Waals surface area (Å²) in [5.41, 5.74) is 2.93. The molecule has 2 aliphatic heterocycles. The van der Waals surface area contributed by atoms with Crippen LogP contribution >= 0.6 is 0 Å². The van der Waals surface area contributed by atoms with Gasteiger partial charge in [-0.05, 0) is 37.1 Å². The Bertz CT molecular complexity index is 1350. The van der Waals surface area contributed by atoms with Crippen LogP contribution in [0.1, 0.15) is 29.2 Å². The first kappa shape index (κ1) is 20.8. The van der Waals surface area contributed by atoms with E-state index >= 15 is 0 Å². The number of aromatic nitrogens is 5. The lowest BCUT2D eigenvalue weighted by Crippen LogP contribution is -2.56. The van der Waals surface area contributed by atoms with Crippen molar-refractivity contribution in [1.29, 1.82) is 0 Å². The first-order valence-electron chi connectivity index (χ1n) is 11.4. The molecule has 34 heavy (non-hydrogen) atoms. The van der Waals surface area contributed by atoms with Gasteiger partial charge in [0, 0.05) is 61.1 Å². The fourth-order valence-corrected chi connectivity index (χ4v) is 4.97. The molecular weight excluding hydrogens is 437 g/mol. The Hall–Kier alpha value is -3.79. The van der Waals surface area contributed by atoms with Crippen LogP contribution in [0.2, 0.25) is 0 Å². The number of likely N-dealkylation sites (tertiary alicyclic amines) is 2. The van der Waals surface area contributed by atoms with Gasteiger partial charge in [0.25, 0.3) is 5.91 Å². The van der Waals surface area contributed by atoms with Gasteiger partial charge in [0.2, 0.25) is 0 Å². The molecule has 2 aliphatic rings. The van der Waals surface area contributed by atoms with Crippen LogP contribution in [0.4, 0.5) is 4.39 Å². The number of piperidine rings is 1. The molecule has 0 spiro atoms. The summed E-state index contributed by atoms with van der Waals surface area (Å²) in [5, 5.41) is 14.9. The third kappa shape index (κ3) is 3.60. The lowest BCUT2D eigenvalue weighted by molar-refractivity contribution is 0.0198. The fourth-order valence-electron chi connectivity index (χ4n) is 4.97. The van der Waals surface area contributed by atoms with E-state index in [-0.39, 0.29) is 11.5 Å². The first-order chi connectivity index (χ1) is 16.6. The molecule has 3 aromatic heterocycles. The molecule has 4 aromatic rings. The van der Waals surface area contributed by atoms with Crippen LogP contribution in [-0.4, -0.2) is 77.8 Å². The zero-order valence-electron chi connectivity index (χ0n) is 18.4. The van der Waals surface area contributed by atoms with Crippen LogP contribution < -0.4 is 0 Å². The normalized spacial score (nSPS) is 17.9. The monoisotopic (exact) mass is 461 g/mol. The Morgan fingerprint density at radius 3 is 2.74 bits per heavy atom. The SMILES string of the molecule is O=C(c1ccc(O)c(F)c1)N1CCC(N2CC(n3cc(-c4ncnc5[nH]ccc45)cn3)C2)CC1. The van der Waals surface area contributed by atoms with E-state index in [1.165, 1.54) is 12.1 Å². The molecule has 0 saturated carbocycles. The predicted molar refractivity (Wildman–Crippen MR) is 123 cm³/mol. The summed E-state index contributed by atoms with van der Waals surface area (Å²) in [6, 6.07) is 6.51. The smallest absolute Gasteiger partial charge is 0.253 e. The van der Waals surface area contributed by atoms with Crippen LogP contribution in [0.5, 0.6) is 5.75 Å². The number of nitrogens with zero attached hydrogens (tertiary/aromatic N) is 6. The van der Waals surface area contributed by atoms with Gasteiger partial charge in [0.05, 0.1) is 17.9 Å². The van der Waals surface area contributed by atoms with E-state index in [0.717, 1.165) is 54.3 Å². The Balaban J connectivity index is 1.05. The van der Waals surface area contributed by atoms with Crippen LogP contribution in [0.3, 0.4) is 0 Å². The number of rotatable bonds is 4. The third-order valence-corrected chi connectivity index (χ3v) is 6.96. The number of phenols is 1. The van der Waals surface area contributed by atoms with Gasteiger partial charge in [-0.25, -0.2) is 14.4 Å². The van der Waals surface area contributed by atoms with Crippen molar-refractivity contribution in [3.05, 3.63) is 60.6 Å². The summed E-state index contributed by atoms with van der Waals surface area (Å²) in [7, 11) is 0. The highest BCUT2D eigenvalue weighted by atomic mass is 19.1. The molecule has 2 N–H and O–H groups in total. The molecule has 0 aliphatic carbocycles. The highest BCUT2D eigenvalue weighted by molar-refractivity contribution is 5.94. The number of aromatic amines is 1. The van der Waals surface area contributed by atoms with Gasteiger partial charge >= 0.3 is 0 Å². The van der Waals surface area contributed by atoms with Crippen molar-refractivity contribution in [1.82, 2.24) is 34.5 Å². The zero-order chi connectivity index (χ0) is 23.2. The largest absolute Gasteiger partial charge is 0.505 e. The summed E-state index contributed by atoms with van der Waals surface area (Å²) in [4.78, 5) is 28.7. The maximum atomic E-state index is 13.6. The van der Waals surface area contributed by atoms with E-state index in [1.54, 1.807) is 11.2 Å². The summed E-state index contributed by atoms with van der Waals surface area (Å²) in [6.45, 7) is 3.12. The Morgan fingerprint density at radius 2 is 1.94 bits per heavy atom. The molecule has 0 bridgehead atoms. The van der Waals surface area contributed by atoms with Gasteiger partial charge in [0.1, 0.15) is 12.0 Å². The van der Waals surface area contributed by atoms with Gasteiger partial charge in [0.15, 0.2) is 11.6 Å². The lowest BCUT2D eigenvalue weighted by atomic mass is 9.97. The van der Waals surface area contributed by atoms with Crippen LogP contribution in [-0.2, 0) is 0 Å². The Kier molecular flexibility index (Phi) is 5.02. The molecule has 1 aromatic carbocycles. The van der Waals surface area contributed by atoms with E-state index in [0.29, 0.717) is 25.2 Å². The molecule has 0 atom stereocenters. The minimum absolute atomic E-state index is 0.191. The molecular formula is C24H24FN7O2. The summed E-state index contributed by atoms with van der Waals surface area (Å²) >= 11 is 0. The average Bonchev–Trinajstić information content (AvgIpc) is 3.50. The number of phenolic OH excluding ortho intramolecular Hbond substituents is 1. The van der Waals surface area contributed by atoms with Crippen molar-refractivity contribution in [3.8, 4) is 17.0 Å². The van der Waals surface area contributed by atoms with Gasteiger partial charge in [-0.1, -0.05) is 0 Å². The van der Waals surface area contributed by atoms with E-state index in [9.17, 15) is 14.3 Å². The number of amides is 1. The molecule has 2 fully saturated rings. The van der Waals surface area contributed by atoms with Crippen molar-refractivity contribution in [3.63, 3.8) is 0 Å². The number of benzene rings is 1. The van der Waals surface area contributed by atoms with E-state index in [1.807, 2.05) is 23.1 Å². The molecule has 0 radical (unpaired) electrons. The maximum absolute atomic E-state index is 13.6. The molecule has 9 nitrogen and oxygen atoms in total. The molecule has 10 heteroatoms. The van der Waals surface area contributed by atoms with Crippen LogP contribution in [0.15, 0.2) is 49.2 Å². The van der Waals surface area contributed by atoms with Crippen LogP contribution in [0.25, 0.3) is 22.3 Å². The van der Waals surface area contributed by atoms with Crippen LogP contribution in [0, 0.1) is 5.82 Å². The molecule has 2 saturated heterocycles. The number of fused-ring (bicyclic) bond motifs is 1. The van der Waals surface area contributed by atoms with E-state index in [2.05, 4.69) is 31.1 Å². The van der Waals surface area contributed by atoms with E-state index < -0.39 is 11.6 Å². The Labute approximate surface area is 194 Å². The number of hydrogen-bond acceptors (Lipinski definition) is 6. The summed E-state index contributed by atoms with van der Waals surface area (Å²) in [5.74, 6) is -1.41. The second-order valence-corrected chi connectivity index (χ2v) is 8.97. The molecule has 6 rings (SSSR count). The molecule has 174 valence electrons. The second-order valence-electron chi connectivity index (χ2n) is 8.97. The lowest BCUT2D eigenvalue weighted by Gasteiger charge is -2.47. The first-order valence-corrected chi connectivity index (χ1v) is 11.4. The van der Waals surface area contributed by atoms with Crippen molar-refractivity contribution in [2.24, 2.45) is 0 Å². The topological polar surface area (TPSA) is 103 Å². The van der Waals surface area contributed by atoms with Crippen molar-refractivity contribution < 1.29 is 14.3 Å². The summed E-state index contributed by atoms with van der Waals surface area (Å²) in [6.07, 6.45) is 9.10. The highest BCUT2D eigenvalue weighted by Gasteiger charge is 2.36. The van der Waals surface area contributed by atoms with Crippen molar-refractivity contribution >= 4 is 16.9 Å². The van der Waals surface area contributed by atoms with Gasteiger partial charge < -0.3 is 15.0 Å². The molecule has 0 unspecified atom stereocenters. The third-order valence-electron chi connectivity index (χ3n) is 6.96. The number of carbonyl (C=O) groups excluding carboxylic acids is 1. The standard InChI is InChI=1S/C24H24FN7O2/c25-20-9-15(1-2-21(20)33)24(34)30-7-4-17(5-8-30)31-12-18(13-31)32-11-16(10-29-32)22-19-3-6-26-23(19)28-14-27-22/h1-3,6,9-11,14,17-18,33H,4-5,7-8,12-13H2,(H,26,27,28). The molecule has 5 heterocycles. The van der Waals surface area contributed by atoms with Crippen molar-refractivity contribution in [2.45, 2.75) is 24.9 Å². The summed E-state index contributed by atoms with van der Waals surface area (Å²) < 4.78 is 15.6. The second kappa shape index (κ2) is 8.21. The Morgan fingerprint density at radius 1 is 1.12 bits per heavy atom. The zero-order valence-corrected chi connectivity index (χ0v) is 18.4. The number of nitrogens with one attached hydrogen (secondary N) is 1. The molecule has 1 amide bonds. The number of aromatic hydroxyl groups is 1. The van der Waals surface area contributed by atoms with Gasteiger partial charge in [-0.2, -0.15) is 5.10 Å². The quantitative estimate of drug-likeness (QED) is 0.485. The van der Waals surface area contributed by atoms with Gasteiger partial charge in [-0.3, -0.25) is 14.4 Å².